The van der Waals surface area contributed by atoms with Crippen molar-refractivity contribution in [2.75, 3.05) is 32.8 Å². The van der Waals surface area contributed by atoms with Gasteiger partial charge >= 0.3 is 12.1 Å². The average Bonchev–Trinajstić information content (AvgIpc) is 2.36. The number of rotatable bonds is 10. The zero-order chi connectivity index (χ0) is 16.5. The molecule has 0 saturated carbocycles. The van der Waals surface area contributed by atoms with Crippen LogP contribution in [0.15, 0.2) is 0 Å². The molecule has 1 N–H and O–H groups in total. The Bertz CT molecular complexity index is 311. The van der Waals surface area contributed by atoms with E-state index in [2.05, 4.69) is 5.32 Å². The first kappa shape index (κ1) is 20.2. The molecule has 0 aliphatic carbocycles. The fourth-order valence-corrected chi connectivity index (χ4v) is 2.20. The van der Waals surface area contributed by atoms with Gasteiger partial charge < -0.3 is 10.1 Å². The first-order chi connectivity index (χ1) is 9.68. The van der Waals surface area contributed by atoms with E-state index in [-0.39, 0.29) is 12.6 Å². The molecule has 0 fully saturated rings. The molecule has 0 rings (SSSR count). The van der Waals surface area contributed by atoms with Crippen LogP contribution in [0, 0.1) is 0 Å². The van der Waals surface area contributed by atoms with Gasteiger partial charge in [0.25, 0.3) is 0 Å². The predicted octanol–water partition coefficient (Wildman–Crippen LogP) is 2.58. The molecule has 0 aliphatic heterocycles. The molecule has 0 aromatic heterocycles. The second-order valence-electron chi connectivity index (χ2n) is 5.17. The highest BCUT2D eigenvalue weighted by molar-refractivity contribution is 5.80. The lowest BCUT2D eigenvalue weighted by molar-refractivity contribution is -0.152. The van der Waals surface area contributed by atoms with Crippen molar-refractivity contribution in [2.24, 2.45) is 0 Å². The Balaban J connectivity index is 4.45. The normalized spacial score (nSPS) is 15.0. The quantitative estimate of drug-likeness (QED) is 0.630. The van der Waals surface area contributed by atoms with E-state index in [0.29, 0.717) is 32.5 Å². The van der Waals surface area contributed by atoms with Gasteiger partial charge in [-0.15, -0.1) is 0 Å². The van der Waals surface area contributed by atoms with Gasteiger partial charge in [0.1, 0.15) is 5.54 Å². The Labute approximate surface area is 125 Å². The van der Waals surface area contributed by atoms with E-state index in [1.807, 2.05) is 6.92 Å². The Hall–Kier alpha value is -0.820. The van der Waals surface area contributed by atoms with Crippen LogP contribution in [0.1, 0.15) is 40.5 Å². The number of carbonyl (C=O) groups excluding carboxylic acids is 1. The smallest absolute Gasteiger partial charge is 0.401 e. The lowest BCUT2D eigenvalue weighted by Gasteiger charge is -2.29. The molecule has 126 valence electrons. The molecule has 0 amide bonds. The molecule has 7 heteroatoms. The van der Waals surface area contributed by atoms with Crippen molar-refractivity contribution in [1.29, 1.82) is 0 Å². The summed E-state index contributed by atoms with van der Waals surface area (Å²) in [5, 5.41) is 3.07. The summed E-state index contributed by atoms with van der Waals surface area (Å²) >= 11 is 0. The summed E-state index contributed by atoms with van der Waals surface area (Å²) in [4.78, 5) is 13.3. The minimum Gasteiger partial charge on any atom is -0.465 e. The van der Waals surface area contributed by atoms with Gasteiger partial charge in [-0.25, -0.2) is 0 Å². The van der Waals surface area contributed by atoms with Crippen molar-refractivity contribution in [3.05, 3.63) is 0 Å². The summed E-state index contributed by atoms with van der Waals surface area (Å²) in [6.07, 6.45) is -3.26. The monoisotopic (exact) mass is 312 g/mol. The molecule has 0 aliphatic rings. The number of hydrogen-bond acceptors (Lipinski definition) is 4. The highest BCUT2D eigenvalue weighted by Crippen LogP contribution is 2.19. The summed E-state index contributed by atoms with van der Waals surface area (Å²) in [7, 11) is 0. The molecular formula is C14H27F3N2O2. The lowest BCUT2D eigenvalue weighted by atomic mass is 9.95. The molecule has 0 heterocycles. The summed E-state index contributed by atoms with van der Waals surface area (Å²) in [6, 6.07) is 0. The van der Waals surface area contributed by atoms with Gasteiger partial charge in [0.05, 0.1) is 13.2 Å². The molecule has 1 atom stereocenters. The van der Waals surface area contributed by atoms with Gasteiger partial charge in [-0.3, -0.25) is 9.69 Å². The van der Waals surface area contributed by atoms with Crippen LogP contribution in [0.4, 0.5) is 13.2 Å². The third-order valence-corrected chi connectivity index (χ3v) is 3.29. The van der Waals surface area contributed by atoms with E-state index >= 15 is 0 Å². The van der Waals surface area contributed by atoms with Gasteiger partial charge in [0.2, 0.25) is 0 Å². The SMILES string of the molecule is CCNC(C)(CCCN(CC)CC(F)(F)F)C(=O)OCC. The number of esters is 1. The minimum atomic E-state index is -4.19. The summed E-state index contributed by atoms with van der Waals surface area (Å²) in [5.41, 5.74) is -0.845. The third kappa shape index (κ3) is 8.26. The van der Waals surface area contributed by atoms with E-state index in [9.17, 15) is 18.0 Å². The van der Waals surface area contributed by atoms with Crippen molar-refractivity contribution in [3.63, 3.8) is 0 Å². The summed E-state index contributed by atoms with van der Waals surface area (Å²) in [5.74, 6) is -0.356. The van der Waals surface area contributed by atoms with E-state index in [1.54, 1.807) is 20.8 Å². The van der Waals surface area contributed by atoms with Crippen molar-refractivity contribution in [1.82, 2.24) is 10.2 Å². The molecule has 1 unspecified atom stereocenters. The highest BCUT2D eigenvalue weighted by atomic mass is 19.4. The number of nitrogens with one attached hydrogen (secondary N) is 1. The zero-order valence-electron chi connectivity index (χ0n) is 13.3. The Morgan fingerprint density at radius 3 is 2.29 bits per heavy atom. The maximum Gasteiger partial charge on any atom is 0.401 e. The molecule has 21 heavy (non-hydrogen) atoms. The van der Waals surface area contributed by atoms with Crippen molar-refractivity contribution < 1.29 is 22.7 Å². The average molecular weight is 312 g/mol. The predicted molar refractivity (Wildman–Crippen MR) is 76.1 cm³/mol. The van der Waals surface area contributed by atoms with Crippen LogP contribution in [0.2, 0.25) is 0 Å². The van der Waals surface area contributed by atoms with Gasteiger partial charge in [0, 0.05) is 0 Å². The molecular weight excluding hydrogens is 285 g/mol. The maximum atomic E-state index is 12.4. The van der Waals surface area contributed by atoms with Crippen LogP contribution in [0.5, 0.6) is 0 Å². The summed E-state index contributed by atoms with van der Waals surface area (Å²) < 4.78 is 42.2. The maximum absolute atomic E-state index is 12.4. The Morgan fingerprint density at radius 2 is 1.86 bits per heavy atom. The lowest BCUT2D eigenvalue weighted by Crippen LogP contribution is -2.50. The molecule has 0 saturated heterocycles. The minimum absolute atomic E-state index is 0.287. The molecule has 0 radical (unpaired) electrons. The number of hydrogen-bond donors (Lipinski definition) is 1. The topological polar surface area (TPSA) is 41.6 Å². The fraction of sp³-hybridized carbons (Fsp3) is 0.929. The Kier molecular flexibility index (Phi) is 8.89. The standard InChI is InChI=1S/C14H27F3N2O2/c1-5-18-13(4,12(20)21-7-3)9-8-10-19(6-2)11-14(15,16)17/h18H,5-11H2,1-4H3. The molecule has 0 aromatic rings. The van der Waals surface area contributed by atoms with E-state index in [1.165, 1.54) is 4.90 Å². The van der Waals surface area contributed by atoms with Crippen molar-refractivity contribution in [3.8, 4) is 0 Å². The third-order valence-electron chi connectivity index (χ3n) is 3.29. The van der Waals surface area contributed by atoms with Gasteiger partial charge in [0.15, 0.2) is 0 Å². The fourth-order valence-electron chi connectivity index (χ4n) is 2.20. The van der Waals surface area contributed by atoms with Crippen LogP contribution in [0.3, 0.4) is 0 Å². The number of likely N-dealkylation sites (N-methyl/N-ethyl adjacent to an activating group) is 1. The molecule has 0 aromatic carbocycles. The van der Waals surface area contributed by atoms with Crippen LogP contribution >= 0.6 is 0 Å². The van der Waals surface area contributed by atoms with Gasteiger partial charge in [-0.2, -0.15) is 13.2 Å². The van der Waals surface area contributed by atoms with Crippen molar-refractivity contribution in [2.45, 2.75) is 52.3 Å². The summed E-state index contributed by atoms with van der Waals surface area (Å²) in [6.45, 7) is 7.62. The molecule has 0 bridgehead atoms. The van der Waals surface area contributed by atoms with Crippen molar-refractivity contribution >= 4 is 5.97 Å². The van der Waals surface area contributed by atoms with Crippen LogP contribution in [0.25, 0.3) is 0 Å². The molecule has 0 spiro atoms. The first-order valence-corrected chi connectivity index (χ1v) is 7.39. The van der Waals surface area contributed by atoms with Crippen LogP contribution < -0.4 is 5.32 Å². The van der Waals surface area contributed by atoms with Gasteiger partial charge in [-0.1, -0.05) is 13.8 Å². The number of nitrogens with zero attached hydrogens (tertiary/aromatic N) is 1. The Morgan fingerprint density at radius 1 is 1.24 bits per heavy atom. The second-order valence-corrected chi connectivity index (χ2v) is 5.17. The van der Waals surface area contributed by atoms with Crippen LogP contribution in [-0.2, 0) is 9.53 Å². The second kappa shape index (κ2) is 9.25. The zero-order valence-corrected chi connectivity index (χ0v) is 13.3. The number of carbonyl (C=O) groups is 1. The van der Waals surface area contributed by atoms with Crippen LogP contribution in [-0.4, -0.2) is 55.4 Å². The molecule has 4 nitrogen and oxygen atoms in total. The van der Waals surface area contributed by atoms with E-state index < -0.39 is 18.3 Å². The number of halogens is 3. The first-order valence-electron chi connectivity index (χ1n) is 7.39. The van der Waals surface area contributed by atoms with Gasteiger partial charge in [-0.05, 0) is 46.3 Å². The number of alkyl halides is 3. The van der Waals surface area contributed by atoms with E-state index in [4.69, 9.17) is 4.74 Å². The number of ether oxygens (including phenoxy) is 1. The van der Waals surface area contributed by atoms with E-state index in [0.717, 1.165) is 0 Å². The largest absolute Gasteiger partial charge is 0.465 e. The highest BCUT2D eigenvalue weighted by Gasteiger charge is 2.34.